The lowest BCUT2D eigenvalue weighted by Crippen LogP contribution is -2.44. The highest BCUT2D eigenvalue weighted by molar-refractivity contribution is 7.99. The number of benzene rings is 1. The van der Waals surface area contributed by atoms with Gasteiger partial charge in [0.25, 0.3) is 0 Å². The van der Waals surface area contributed by atoms with E-state index in [1.54, 1.807) is 18.9 Å². The number of nitrogens with zero attached hydrogens (tertiary/aromatic N) is 4. The summed E-state index contributed by atoms with van der Waals surface area (Å²) in [4.78, 5) is 18.8. The molecule has 1 fully saturated rings. The molecule has 0 amide bonds. The van der Waals surface area contributed by atoms with Crippen LogP contribution < -0.4 is 4.74 Å². The molecule has 1 aliphatic heterocycles. The van der Waals surface area contributed by atoms with E-state index in [1.807, 2.05) is 23.5 Å². The topological polar surface area (TPSA) is 41.5 Å². The van der Waals surface area contributed by atoms with Crippen LogP contribution >= 0.6 is 23.1 Å². The van der Waals surface area contributed by atoms with Gasteiger partial charge >= 0.3 is 0 Å². The Bertz CT molecular complexity index is 1010. The molecule has 152 valence electrons. The summed E-state index contributed by atoms with van der Waals surface area (Å²) in [5.41, 5.74) is 1.49. The first kappa shape index (κ1) is 19.3. The zero-order valence-electron chi connectivity index (χ0n) is 17.0. The molecule has 1 aliphatic carbocycles. The van der Waals surface area contributed by atoms with Crippen LogP contribution in [-0.2, 0) is 19.4 Å². The van der Waals surface area contributed by atoms with Crippen LogP contribution in [0.5, 0.6) is 5.75 Å². The van der Waals surface area contributed by atoms with E-state index in [0.29, 0.717) is 0 Å². The number of fused-ring (bicyclic) bond motifs is 3. The zero-order chi connectivity index (χ0) is 19.8. The largest absolute Gasteiger partial charge is 0.497 e. The van der Waals surface area contributed by atoms with Crippen molar-refractivity contribution < 1.29 is 4.74 Å². The molecule has 5 rings (SSSR count). The Balaban J connectivity index is 1.49. The van der Waals surface area contributed by atoms with Gasteiger partial charge in [0.15, 0.2) is 0 Å². The molecule has 3 aromatic rings. The van der Waals surface area contributed by atoms with Crippen LogP contribution in [0.15, 0.2) is 34.2 Å². The Morgan fingerprint density at radius 2 is 1.86 bits per heavy atom. The molecule has 7 heteroatoms. The molecule has 0 radical (unpaired) electrons. The van der Waals surface area contributed by atoms with Crippen molar-refractivity contribution >= 4 is 33.3 Å². The van der Waals surface area contributed by atoms with E-state index in [9.17, 15) is 0 Å². The average molecular weight is 427 g/mol. The second-order valence-corrected chi connectivity index (χ2v) is 9.99. The zero-order valence-corrected chi connectivity index (χ0v) is 18.6. The second-order valence-electron chi connectivity index (χ2n) is 7.84. The molecule has 29 heavy (non-hydrogen) atoms. The number of rotatable bonds is 5. The number of piperazine rings is 1. The summed E-state index contributed by atoms with van der Waals surface area (Å²) in [6.45, 7) is 5.23. The van der Waals surface area contributed by atoms with Crippen molar-refractivity contribution in [2.75, 3.05) is 40.3 Å². The van der Waals surface area contributed by atoms with Crippen molar-refractivity contribution in [3.8, 4) is 5.75 Å². The molecule has 3 heterocycles. The molecule has 0 bridgehead atoms. The van der Waals surface area contributed by atoms with E-state index in [-0.39, 0.29) is 0 Å². The predicted octanol–water partition coefficient (Wildman–Crippen LogP) is 4.09. The summed E-state index contributed by atoms with van der Waals surface area (Å²) in [6, 6.07) is 8.27. The normalized spacial score (nSPS) is 17.7. The molecular formula is C22H26N4OS2. The Morgan fingerprint density at radius 1 is 1.07 bits per heavy atom. The lowest BCUT2D eigenvalue weighted by Gasteiger charge is -2.31. The van der Waals surface area contributed by atoms with Gasteiger partial charge in [-0.2, -0.15) is 0 Å². The lowest BCUT2D eigenvalue weighted by atomic mass is 10.2. The number of ether oxygens (including phenoxy) is 1. The first-order valence-electron chi connectivity index (χ1n) is 10.2. The van der Waals surface area contributed by atoms with Crippen LogP contribution in [0.2, 0.25) is 0 Å². The second kappa shape index (κ2) is 8.22. The number of aryl methyl sites for hydroxylation is 2. The maximum Gasteiger partial charge on any atom is 0.145 e. The van der Waals surface area contributed by atoms with Gasteiger partial charge in [-0.25, -0.2) is 9.97 Å². The molecule has 0 atom stereocenters. The van der Waals surface area contributed by atoms with Crippen molar-refractivity contribution in [3.05, 3.63) is 40.5 Å². The standard InChI is InChI=1S/C22H26N4OS2/c1-25-10-12-26(13-11-25)14-19-23-21(28-16-8-6-15(27-2)7-9-16)20-17-4-3-5-18(17)29-22(20)24-19/h6-9H,3-5,10-14H2,1-2H3. The van der Waals surface area contributed by atoms with Crippen LogP contribution in [0.3, 0.4) is 0 Å². The van der Waals surface area contributed by atoms with Crippen molar-refractivity contribution in [1.29, 1.82) is 0 Å². The first-order chi connectivity index (χ1) is 14.2. The highest BCUT2D eigenvalue weighted by atomic mass is 32.2. The highest BCUT2D eigenvalue weighted by Crippen LogP contribution is 2.42. The van der Waals surface area contributed by atoms with Gasteiger partial charge in [0.2, 0.25) is 0 Å². The molecule has 2 aliphatic rings. The van der Waals surface area contributed by atoms with E-state index >= 15 is 0 Å². The van der Waals surface area contributed by atoms with Gasteiger partial charge in [0, 0.05) is 41.3 Å². The maximum absolute atomic E-state index is 5.31. The van der Waals surface area contributed by atoms with Crippen LogP contribution in [0.1, 0.15) is 22.7 Å². The summed E-state index contributed by atoms with van der Waals surface area (Å²) in [5.74, 6) is 1.84. The minimum atomic E-state index is 0.836. The van der Waals surface area contributed by atoms with Gasteiger partial charge in [-0.15, -0.1) is 11.3 Å². The minimum Gasteiger partial charge on any atom is -0.497 e. The van der Waals surface area contributed by atoms with Crippen LogP contribution in [-0.4, -0.2) is 60.1 Å². The number of hydrogen-bond donors (Lipinski definition) is 0. The van der Waals surface area contributed by atoms with E-state index < -0.39 is 0 Å². The molecule has 0 spiro atoms. The number of thiophene rings is 1. The lowest BCUT2D eigenvalue weighted by molar-refractivity contribution is 0.145. The number of aromatic nitrogens is 2. The van der Waals surface area contributed by atoms with E-state index in [2.05, 4.69) is 29.0 Å². The van der Waals surface area contributed by atoms with Crippen molar-refractivity contribution in [2.45, 2.75) is 35.7 Å². The quantitative estimate of drug-likeness (QED) is 0.573. The van der Waals surface area contributed by atoms with Crippen molar-refractivity contribution in [3.63, 3.8) is 0 Å². The Kier molecular flexibility index (Phi) is 5.47. The Morgan fingerprint density at radius 3 is 2.62 bits per heavy atom. The third-order valence-corrected chi connectivity index (χ3v) is 7.99. The third-order valence-electron chi connectivity index (χ3n) is 5.81. The summed E-state index contributed by atoms with van der Waals surface area (Å²) in [6.07, 6.45) is 3.61. The molecule has 0 unspecified atom stereocenters. The molecule has 0 N–H and O–H groups in total. The fraction of sp³-hybridized carbons (Fsp3) is 0.455. The monoisotopic (exact) mass is 426 g/mol. The van der Waals surface area contributed by atoms with Gasteiger partial charge in [0.05, 0.1) is 13.7 Å². The minimum absolute atomic E-state index is 0.836. The van der Waals surface area contributed by atoms with E-state index in [1.165, 1.54) is 38.4 Å². The molecule has 1 saturated heterocycles. The number of likely N-dealkylation sites (N-methyl/N-ethyl adjacent to an activating group) is 1. The first-order valence-corrected chi connectivity index (χ1v) is 11.9. The maximum atomic E-state index is 5.31. The molecule has 2 aromatic heterocycles. The third kappa shape index (κ3) is 4.01. The fourth-order valence-corrected chi connectivity index (χ4v) is 6.42. The summed E-state index contributed by atoms with van der Waals surface area (Å²) in [7, 11) is 3.89. The van der Waals surface area contributed by atoms with Gasteiger partial charge in [-0.1, -0.05) is 11.8 Å². The van der Waals surface area contributed by atoms with Crippen molar-refractivity contribution in [1.82, 2.24) is 19.8 Å². The predicted molar refractivity (Wildman–Crippen MR) is 119 cm³/mol. The van der Waals surface area contributed by atoms with Crippen LogP contribution in [0.25, 0.3) is 10.2 Å². The number of hydrogen-bond acceptors (Lipinski definition) is 7. The molecule has 1 aromatic carbocycles. The van der Waals surface area contributed by atoms with Gasteiger partial charge in [0.1, 0.15) is 21.4 Å². The smallest absolute Gasteiger partial charge is 0.145 e. The highest BCUT2D eigenvalue weighted by Gasteiger charge is 2.24. The summed E-state index contributed by atoms with van der Waals surface area (Å²) >= 11 is 3.64. The SMILES string of the molecule is COc1ccc(Sc2nc(CN3CCN(C)CC3)nc3sc4c(c23)CCC4)cc1. The van der Waals surface area contributed by atoms with E-state index in [4.69, 9.17) is 14.7 Å². The van der Waals surface area contributed by atoms with Gasteiger partial charge < -0.3 is 9.64 Å². The van der Waals surface area contributed by atoms with Crippen molar-refractivity contribution in [2.24, 2.45) is 0 Å². The van der Waals surface area contributed by atoms with E-state index in [0.717, 1.165) is 55.7 Å². The number of methoxy groups -OCH3 is 1. The Hall–Kier alpha value is -1.67. The van der Waals surface area contributed by atoms with Gasteiger partial charge in [-0.05, 0) is 56.1 Å². The average Bonchev–Trinajstić information content (AvgIpc) is 3.31. The molecule has 5 nitrogen and oxygen atoms in total. The van der Waals surface area contributed by atoms with Crippen LogP contribution in [0, 0.1) is 0 Å². The van der Waals surface area contributed by atoms with Gasteiger partial charge in [-0.3, -0.25) is 4.90 Å². The molecule has 0 saturated carbocycles. The Labute approximate surface area is 180 Å². The summed E-state index contributed by atoms with van der Waals surface area (Å²) in [5, 5.41) is 2.41. The summed E-state index contributed by atoms with van der Waals surface area (Å²) < 4.78 is 5.31. The fourth-order valence-electron chi connectivity index (χ4n) is 4.11. The molecular weight excluding hydrogens is 400 g/mol. The van der Waals surface area contributed by atoms with Crippen LogP contribution in [0.4, 0.5) is 0 Å².